The fraction of sp³-hybridized carbons (Fsp3) is 0.636. The number of rotatable bonds is 2. The fourth-order valence-corrected chi connectivity index (χ4v) is 6.63. The minimum absolute atomic E-state index is 0.0792. The number of nitrogens with one attached hydrogen (secondary N) is 1. The van der Waals surface area contributed by atoms with Crippen molar-refractivity contribution in [1.82, 2.24) is 0 Å². The molecule has 4 aliphatic carbocycles. The molecule has 0 radical (unpaired) electrons. The minimum atomic E-state index is -0.134. The first kappa shape index (κ1) is 16.3. The van der Waals surface area contributed by atoms with E-state index in [1.54, 1.807) is 6.92 Å². The summed E-state index contributed by atoms with van der Waals surface area (Å²) in [6, 6.07) is 6.11. The number of hydrogen-bond donors (Lipinski definition) is 1. The third-order valence-electron chi connectivity index (χ3n) is 7.36. The Hall–Kier alpha value is -1.84. The molecule has 4 saturated carbocycles. The summed E-state index contributed by atoms with van der Waals surface area (Å²) >= 11 is 0. The van der Waals surface area contributed by atoms with Crippen LogP contribution < -0.4 is 10.2 Å². The van der Waals surface area contributed by atoms with Crippen LogP contribution in [-0.4, -0.2) is 18.4 Å². The molecule has 4 fully saturated rings. The molecule has 0 spiro atoms. The van der Waals surface area contributed by atoms with Crippen molar-refractivity contribution in [1.29, 1.82) is 0 Å². The lowest BCUT2D eigenvalue weighted by Crippen LogP contribution is -2.51. The third kappa shape index (κ3) is 2.57. The van der Waals surface area contributed by atoms with E-state index in [2.05, 4.69) is 11.4 Å². The van der Waals surface area contributed by atoms with Gasteiger partial charge in [0.15, 0.2) is 0 Å². The van der Waals surface area contributed by atoms with Crippen molar-refractivity contribution in [2.45, 2.75) is 58.3 Å². The summed E-state index contributed by atoms with van der Waals surface area (Å²) < 4.78 is 0. The van der Waals surface area contributed by atoms with Crippen LogP contribution in [0.25, 0.3) is 0 Å². The van der Waals surface area contributed by atoms with E-state index >= 15 is 0 Å². The van der Waals surface area contributed by atoms with Gasteiger partial charge in [-0.1, -0.05) is 6.07 Å². The Morgan fingerprint density at radius 3 is 2.35 bits per heavy atom. The van der Waals surface area contributed by atoms with Crippen molar-refractivity contribution >= 4 is 23.2 Å². The van der Waals surface area contributed by atoms with E-state index in [1.807, 2.05) is 17.0 Å². The van der Waals surface area contributed by atoms with Gasteiger partial charge in [-0.25, -0.2) is 0 Å². The maximum absolute atomic E-state index is 13.3. The molecular weight excluding hydrogens is 324 g/mol. The van der Waals surface area contributed by atoms with Crippen LogP contribution in [0.3, 0.4) is 0 Å². The molecule has 1 N–H and O–H groups in total. The second-order valence-corrected chi connectivity index (χ2v) is 9.27. The van der Waals surface area contributed by atoms with Crippen molar-refractivity contribution < 1.29 is 9.59 Å². The molecule has 0 unspecified atom stereocenters. The zero-order valence-electron chi connectivity index (χ0n) is 15.6. The molecule has 4 nitrogen and oxygen atoms in total. The highest BCUT2D eigenvalue weighted by Crippen LogP contribution is 2.60. The second-order valence-electron chi connectivity index (χ2n) is 9.27. The van der Waals surface area contributed by atoms with Crippen LogP contribution in [-0.2, 0) is 16.0 Å². The molecule has 1 aliphatic heterocycles. The number of carbonyl (C=O) groups is 2. The van der Waals surface area contributed by atoms with Crippen molar-refractivity contribution in [3.05, 3.63) is 23.8 Å². The first-order chi connectivity index (χ1) is 12.5. The van der Waals surface area contributed by atoms with E-state index in [-0.39, 0.29) is 17.2 Å². The van der Waals surface area contributed by atoms with Gasteiger partial charge in [0.25, 0.3) is 0 Å². The summed E-state index contributed by atoms with van der Waals surface area (Å²) in [5.41, 5.74) is 2.90. The van der Waals surface area contributed by atoms with Gasteiger partial charge < -0.3 is 10.2 Å². The van der Waals surface area contributed by atoms with Gasteiger partial charge in [0, 0.05) is 24.8 Å². The second kappa shape index (κ2) is 5.83. The van der Waals surface area contributed by atoms with Crippen molar-refractivity contribution in [3.8, 4) is 0 Å². The standard InChI is InChI=1S/C22H28N2O2/c1-14(25)24-6-2-3-18-4-5-19(10-20(18)24)23-21(26)22-11-15-7-16(12-22)9-17(8-15)13-22/h4-5,10,15-17H,2-3,6-9,11-13H2,1H3,(H,23,26). The Labute approximate surface area is 155 Å². The normalized spacial score (nSPS) is 34.5. The van der Waals surface area contributed by atoms with E-state index in [1.165, 1.54) is 24.8 Å². The predicted molar refractivity (Wildman–Crippen MR) is 102 cm³/mol. The van der Waals surface area contributed by atoms with Crippen LogP contribution in [0.1, 0.15) is 57.4 Å². The number of nitrogens with zero attached hydrogens (tertiary/aromatic N) is 1. The van der Waals surface area contributed by atoms with E-state index in [9.17, 15) is 9.59 Å². The summed E-state index contributed by atoms with van der Waals surface area (Å²) in [6.07, 6.45) is 9.28. The number of fused-ring (bicyclic) bond motifs is 1. The Bertz CT molecular complexity index is 734. The van der Waals surface area contributed by atoms with Crippen LogP contribution in [0, 0.1) is 23.2 Å². The van der Waals surface area contributed by atoms with E-state index in [0.29, 0.717) is 0 Å². The monoisotopic (exact) mass is 352 g/mol. The van der Waals surface area contributed by atoms with Gasteiger partial charge in [0.05, 0.1) is 5.41 Å². The lowest BCUT2D eigenvalue weighted by atomic mass is 9.49. The zero-order chi connectivity index (χ0) is 17.9. The highest BCUT2D eigenvalue weighted by molar-refractivity contribution is 5.98. The molecule has 6 rings (SSSR count). The molecule has 5 aliphatic rings. The van der Waals surface area contributed by atoms with Crippen molar-refractivity contribution in [3.63, 3.8) is 0 Å². The van der Waals surface area contributed by atoms with Gasteiger partial charge in [-0.3, -0.25) is 9.59 Å². The maximum atomic E-state index is 13.3. The number of anilines is 2. The highest BCUT2D eigenvalue weighted by Gasteiger charge is 2.54. The number of aryl methyl sites for hydroxylation is 1. The third-order valence-corrected chi connectivity index (χ3v) is 7.36. The van der Waals surface area contributed by atoms with E-state index in [4.69, 9.17) is 0 Å². The smallest absolute Gasteiger partial charge is 0.230 e. The highest BCUT2D eigenvalue weighted by atomic mass is 16.2. The van der Waals surface area contributed by atoms with E-state index < -0.39 is 0 Å². The van der Waals surface area contributed by atoms with Gasteiger partial charge in [-0.15, -0.1) is 0 Å². The first-order valence-electron chi connectivity index (χ1n) is 10.2. The van der Waals surface area contributed by atoms with E-state index in [0.717, 1.165) is 67.8 Å². The molecule has 138 valence electrons. The quantitative estimate of drug-likeness (QED) is 0.869. The molecule has 4 heteroatoms. The SMILES string of the molecule is CC(=O)N1CCCc2ccc(NC(=O)C34CC5CC(CC(C5)C3)C4)cc21. The zero-order valence-corrected chi connectivity index (χ0v) is 15.6. The number of benzene rings is 1. The van der Waals surface area contributed by atoms with Gasteiger partial charge in [-0.2, -0.15) is 0 Å². The van der Waals surface area contributed by atoms with Crippen molar-refractivity contribution in [2.24, 2.45) is 23.2 Å². The maximum Gasteiger partial charge on any atom is 0.230 e. The Morgan fingerprint density at radius 1 is 1.08 bits per heavy atom. The molecule has 1 aromatic rings. The molecule has 1 heterocycles. The summed E-state index contributed by atoms with van der Waals surface area (Å²) in [5.74, 6) is 2.61. The largest absolute Gasteiger partial charge is 0.326 e. The number of amides is 2. The lowest BCUT2D eigenvalue weighted by Gasteiger charge is -2.55. The molecule has 1 aromatic carbocycles. The molecule has 26 heavy (non-hydrogen) atoms. The molecule has 2 amide bonds. The Morgan fingerprint density at radius 2 is 1.73 bits per heavy atom. The minimum Gasteiger partial charge on any atom is -0.326 e. The molecule has 0 atom stereocenters. The number of hydrogen-bond acceptors (Lipinski definition) is 2. The van der Waals surface area contributed by atoms with Crippen LogP contribution >= 0.6 is 0 Å². The van der Waals surface area contributed by atoms with Gasteiger partial charge in [0.2, 0.25) is 11.8 Å². The summed E-state index contributed by atoms with van der Waals surface area (Å²) in [5, 5.41) is 3.23. The topological polar surface area (TPSA) is 49.4 Å². The van der Waals surface area contributed by atoms with Gasteiger partial charge in [0.1, 0.15) is 0 Å². The molecular formula is C22H28N2O2. The molecule has 4 bridgehead atoms. The van der Waals surface area contributed by atoms with Gasteiger partial charge in [-0.05, 0) is 86.8 Å². The summed E-state index contributed by atoms with van der Waals surface area (Å²) in [4.78, 5) is 27.1. The lowest BCUT2D eigenvalue weighted by molar-refractivity contribution is -0.140. The fourth-order valence-electron chi connectivity index (χ4n) is 6.63. The average molecular weight is 352 g/mol. The number of carbonyl (C=O) groups excluding carboxylic acids is 2. The Kier molecular flexibility index (Phi) is 3.67. The Balaban J connectivity index is 1.39. The van der Waals surface area contributed by atoms with Crippen LogP contribution in [0.5, 0.6) is 0 Å². The average Bonchev–Trinajstić information content (AvgIpc) is 2.60. The summed E-state index contributed by atoms with van der Waals surface area (Å²) in [7, 11) is 0. The first-order valence-corrected chi connectivity index (χ1v) is 10.2. The predicted octanol–water partition coefficient (Wildman–Crippen LogP) is 4.14. The summed E-state index contributed by atoms with van der Waals surface area (Å²) in [6.45, 7) is 2.39. The van der Waals surface area contributed by atoms with Crippen LogP contribution in [0.2, 0.25) is 0 Å². The molecule has 0 aromatic heterocycles. The molecule has 0 saturated heterocycles. The van der Waals surface area contributed by atoms with Crippen LogP contribution in [0.15, 0.2) is 18.2 Å². The van der Waals surface area contributed by atoms with Crippen LogP contribution in [0.4, 0.5) is 11.4 Å². The van der Waals surface area contributed by atoms with Gasteiger partial charge >= 0.3 is 0 Å². The van der Waals surface area contributed by atoms with Crippen molar-refractivity contribution in [2.75, 3.05) is 16.8 Å².